The van der Waals surface area contributed by atoms with Crippen molar-refractivity contribution in [1.29, 1.82) is 0 Å². The molecule has 0 spiro atoms. The van der Waals surface area contributed by atoms with Gasteiger partial charge < -0.3 is 21.1 Å². The van der Waals surface area contributed by atoms with E-state index in [4.69, 9.17) is 22.7 Å². The molecule has 2 rings (SSSR count). The highest BCUT2D eigenvalue weighted by Gasteiger charge is 2.23. The number of hydrogen-bond acceptors (Lipinski definition) is 4. The predicted molar refractivity (Wildman–Crippen MR) is 82.0 cm³/mol. The van der Waals surface area contributed by atoms with Crippen LogP contribution in [0.3, 0.4) is 0 Å². The highest BCUT2D eigenvalue weighted by molar-refractivity contribution is 7.80. The number of carbonyl (C=O) groups is 2. The molecule has 1 atom stereocenters. The molecule has 6 nitrogen and oxygen atoms in total. The van der Waals surface area contributed by atoms with E-state index in [0.29, 0.717) is 23.7 Å². The molecule has 0 aromatic heterocycles. The van der Waals surface area contributed by atoms with E-state index in [1.165, 1.54) is 0 Å². The number of amides is 2. The second-order valence-electron chi connectivity index (χ2n) is 4.73. The third-order valence-corrected chi connectivity index (χ3v) is 3.36. The number of carbonyl (C=O) groups excluding carboxylic acids is 2. The minimum absolute atomic E-state index is 0.143. The fourth-order valence-corrected chi connectivity index (χ4v) is 2.15. The number of piperidine rings is 1. The van der Waals surface area contributed by atoms with E-state index in [1.54, 1.807) is 24.3 Å². The van der Waals surface area contributed by atoms with Crippen LogP contribution in [0.2, 0.25) is 0 Å². The van der Waals surface area contributed by atoms with Crippen molar-refractivity contribution >= 4 is 29.0 Å². The van der Waals surface area contributed by atoms with Gasteiger partial charge in [-0.25, -0.2) is 0 Å². The molecule has 0 saturated carbocycles. The molecule has 1 aromatic carbocycles. The Bertz CT molecular complexity index is 545. The second-order valence-corrected chi connectivity index (χ2v) is 5.17. The zero-order valence-corrected chi connectivity index (χ0v) is 12.2. The summed E-state index contributed by atoms with van der Waals surface area (Å²) in [6, 6.07) is 6.37. The summed E-state index contributed by atoms with van der Waals surface area (Å²) in [5.41, 5.74) is 6.23. The molecule has 1 aromatic rings. The van der Waals surface area contributed by atoms with Gasteiger partial charge in [0.25, 0.3) is 5.91 Å². The normalized spacial score (nSPS) is 17.7. The number of ether oxygens (including phenoxy) is 1. The van der Waals surface area contributed by atoms with Crippen molar-refractivity contribution in [2.24, 2.45) is 5.73 Å². The van der Waals surface area contributed by atoms with Crippen molar-refractivity contribution in [2.75, 3.05) is 13.2 Å². The van der Waals surface area contributed by atoms with Crippen LogP contribution in [-0.2, 0) is 9.59 Å². The van der Waals surface area contributed by atoms with E-state index in [0.717, 1.165) is 12.0 Å². The smallest absolute Gasteiger partial charge is 0.258 e. The Morgan fingerprint density at radius 3 is 2.76 bits per heavy atom. The first-order valence-electron chi connectivity index (χ1n) is 6.66. The Balaban J connectivity index is 1.80. The molecule has 1 saturated heterocycles. The lowest BCUT2D eigenvalue weighted by atomic mass is 10.1. The molecular weight excluding hydrogens is 290 g/mol. The van der Waals surface area contributed by atoms with Gasteiger partial charge in [-0.15, -0.1) is 0 Å². The third kappa shape index (κ3) is 4.42. The van der Waals surface area contributed by atoms with E-state index in [9.17, 15) is 9.59 Å². The average molecular weight is 307 g/mol. The van der Waals surface area contributed by atoms with Gasteiger partial charge in [-0.1, -0.05) is 12.2 Å². The average Bonchev–Trinajstić information content (AvgIpc) is 2.48. The SMILES string of the molecule is NC(=S)c1ccc(OCC(=O)NC2CCCNC2=O)cc1. The van der Waals surface area contributed by atoms with Gasteiger partial charge in [0.05, 0.1) is 0 Å². The van der Waals surface area contributed by atoms with Gasteiger partial charge in [-0.05, 0) is 37.1 Å². The third-order valence-electron chi connectivity index (χ3n) is 3.13. The van der Waals surface area contributed by atoms with Crippen molar-refractivity contribution in [2.45, 2.75) is 18.9 Å². The van der Waals surface area contributed by atoms with Crippen LogP contribution in [0.15, 0.2) is 24.3 Å². The molecule has 1 aliphatic rings. The summed E-state index contributed by atoms with van der Waals surface area (Å²) in [4.78, 5) is 23.6. The highest BCUT2D eigenvalue weighted by Crippen LogP contribution is 2.12. The maximum Gasteiger partial charge on any atom is 0.258 e. The Morgan fingerprint density at radius 1 is 1.43 bits per heavy atom. The minimum Gasteiger partial charge on any atom is -0.484 e. The van der Waals surface area contributed by atoms with Crippen molar-refractivity contribution in [1.82, 2.24) is 10.6 Å². The molecule has 112 valence electrons. The van der Waals surface area contributed by atoms with Crippen LogP contribution in [0.5, 0.6) is 5.75 Å². The number of benzene rings is 1. The maximum atomic E-state index is 11.7. The second kappa shape index (κ2) is 7.03. The predicted octanol–water partition coefficient (Wildman–Crippen LogP) is 0.0944. The molecule has 1 fully saturated rings. The number of thiocarbonyl (C=S) groups is 1. The Labute approximate surface area is 128 Å². The molecule has 0 radical (unpaired) electrons. The fraction of sp³-hybridized carbons (Fsp3) is 0.357. The molecular formula is C14H17N3O3S. The summed E-state index contributed by atoms with van der Waals surface area (Å²) in [6.07, 6.45) is 1.51. The number of rotatable bonds is 5. The van der Waals surface area contributed by atoms with Gasteiger partial charge in [-0.3, -0.25) is 9.59 Å². The zero-order chi connectivity index (χ0) is 15.2. The molecule has 21 heavy (non-hydrogen) atoms. The van der Waals surface area contributed by atoms with Gasteiger partial charge in [0, 0.05) is 12.1 Å². The van der Waals surface area contributed by atoms with E-state index < -0.39 is 6.04 Å². The number of nitrogens with one attached hydrogen (secondary N) is 2. The van der Waals surface area contributed by atoms with E-state index in [1.807, 2.05) is 0 Å². The van der Waals surface area contributed by atoms with Crippen LogP contribution < -0.4 is 21.1 Å². The first kappa shape index (κ1) is 15.2. The summed E-state index contributed by atoms with van der Waals surface area (Å²) in [5.74, 6) is 0.0733. The first-order chi connectivity index (χ1) is 10.1. The van der Waals surface area contributed by atoms with Gasteiger partial charge in [-0.2, -0.15) is 0 Å². The summed E-state index contributed by atoms with van der Waals surface area (Å²) in [7, 11) is 0. The molecule has 4 N–H and O–H groups in total. The highest BCUT2D eigenvalue weighted by atomic mass is 32.1. The number of hydrogen-bond donors (Lipinski definition) is 3. The zero-order valence-electron chi connectivity index (χ0n) is 11.4. The first-order valence-corrected chi connectivity index (χ1v) is 7.07. The van der Waals surface area contributed by atoms with Crippen molar-refractivity contribution in [3.8, 4) is 5.75 Å². The lowest BCUT2D eigenvalue weighted by molar-refractivity contribution is -0.131. The van der Waals surface area contributed by atoms with Crippen molar-refractivity contribution in [3.63, 3.8) is 0 Å². The van der Waals surface area contributed by atoms with Gasteiger partial charge in [0.2, 0.25) is 5.91 Å². The maximum absolute atomic E-state index is 11.7. The minimum atomic E-state index is -0.466. The van der Waals surface area contributed by atoms with Crippen LogP contribution in [0.1, 0.15) is 18.4 Å². The topological polar surface area (TPSA) is 93.4 Å². The summed E-state index contributed by atoms with van der Waals surface area (Å²) in [5, 5.41) is 5.36. The van der Waals surface area contributed by atoms with Gasteiger partial charge in [0.15, 0.2) is 6.61 Å². The molecule has 1 aliphatic heterocycles. The van der Waals surface area contributed by atoms with Crippen molar-refractivity contribution < 1.29 is 14.3 Å². The van der Waals surface area contributed by atoms with Crippen LogP contribution in [0, 0.1) is 0 Å². The lowest BCUT2D eigenvalue weighted by Gasteiger charge is -2.22. The largest absolute Gasteiger partial charge is 0.484 e. The van der Waals surface area contributed by atoms with Gasteiger partial charge >= 0.3 is 0 Å². The fourth-order valence-electron chi connectivity index (χ4n) is 2.01. The molecule has 2 amide bonds. The van der Waals surface area contributed by atoms with Gasteiger partial charge in [0.1, 0.15) is 16.8 Å². The van der Waals surface area contributed by atoms with Crippen LogP contribution >= 0.6 is 12.2 Å². The Hall–Kier alpha value is -2.15. The molecule has 7 heteroatoms. The van der Waals surface area contributed by atoms with Crippen LogP contribution in [0.4, 0.5) is 0 Å². The van der Waals surface area contributed by atoms with E-state index >= 15 is 0 Å². The Kier molecular flexibility index (Phi) is 5.10. The van der Waals surface area contributed by atoms with E-state index in [-0.39, 0.29) is 18.4 Å². The van der Waals surface area contributed by atoms with Crippen LogP contribution in [0.25, 0.3) is 0 Å². The summed E-state index contributed by atoms with van der Waals surface area (Å²) >= 11 is 4.85. The summed E-state index contributed by atoms with van der Waals surface area (Å²) in [6.45, 7) is 0.521. The van der Waals surface area contributed by atoms with E-state index in [2.05, 4.69) is 10.6 Å². The molecule has 0 bridgehead atoms. The Morgan fingerprint density at radius 2 is 2.14 bits per heavy atom. The number of nitrogens with two attached hydrogens (primary N) is 1. The molecule has 1 unspecified atom stereocenters. The monoisotopic (exact) mass is 307 g/mol. The lowest BCUT2D eigenvalue weighted by Crippen LogP contribution is -2.51. The molecule has 0 aliphatic carbocycles. The summed E-state index contributed by atoms with van der Waals surface area (Å²) < 4.78 is 5.35. The van der Waals surface area contributed by atoms with Crippen molar-refractivity contribution in [3.05, 3.63) is 29.8 Å². The van der Waals surface area contributed by atoms with Crippen LogP contribution in [-0.4, -0.2) is 36.0 Å². The quantitative estimate of drug-likeness (QED) is 0.671. The molecule has 1 heterocycles. The standard InChI is InChI=1S/C14H17N3O3S/c15-13(21)9-3-5-10(6-4-9)20-8-12(18)17-11-2-1-7-16-14(11)19/h3-6,11H,1-2,7-8H2,(H2,15,21)(H,16,19)(H,17,18).